The van der Waals surface area contributed by atoms with Gasteiger partial charge in [0.2, 0.25) is 0 Å². The first-order valence-corrected chi connectivity index (χ1v) is 5.84. The number of rotatable bonds is 3. The van der Waals surface area contributed by atoms with Crippen LogP contribution in [0.4, 0.5) is 5.69 Å². The third-order valence-electron chi connectivity index (χ3n) is 3.03. The van der Waals surface area contributed by atoms with Crippen LogP contribution in [0.2, 0.25) is 0 Å². The van der Waals surface area contributed by atoms with E-state index in [9.17, 15) is 4.79 Å². The molecule has 0 aliphatic rings. The van der Waals surface area contributed by atoms with E-state index in [0.29, 0.717) is 11.3 Å². The number of hydrogen-bond donors (Lipinski definition) is 1. The Bertz CT molecular complexity index is 651. The Labute approximate surface area is 111 Å². The molecule has 2 aromatic rings. The normalized spacial score (nSPS) is 10.5. The largest absolute Gasteiger partial charge is 0.494 e. The highest BCUT2D eigenvalue weighted by atomic mass is 16.5. The molecule has 0 fully saturated rings. The average Bonchev–Trinajstić information content (AvgIpc) is 2.37. The van der Waals surface area contributed by atoms with Crippen molar-refractivity contribution in [1.29, 1.82) is 0 Å². The summed E-state index contributed by atoms with van der Waals surface area (Å²) in [5.74, 6) is -0.472. The maximum Gasteiger partial charge on any atom is 0.354 e. The first kappa shape index (κ1) is 13.1. The molecule has 5 nitrogen and oxygen atoms in total. The Kier molecular flexibility index (Phi) is 3.29. The van der Waals surface area contributed by atoms with Gasteiger partial charge in [-0.3, -0.25) is 0 Å². The van der Waals surface area contributed by atoms with Crippen LogP contribution in [-0.2, 0) is 0 Å². The van der Waals surface area contributed by atoms with Crippen LogP contribution in [-0.4, -0.2) is 37.3 Å². The Hall–Kier alpha value is -2.30. The van der Waals surface area contributed by atoms with E-state index in [1.54, 1.807) is 19.2 Å². The maximum absolute atomic E-state index is 11.2. The highest BCUT2D eigenvalue weighted by Gasteiger charge is 2.16. The summed E-state index contributed by atoms with van der Waals surface area (Å²) in [5.41, 5.74) is 2.44. The average molecular weight is 260 g/mol. The van der Waals surface area contributed by atoms with E-state index in [4.69, 9.17) is 9.84 Å². The summed E-state index contributed by atoms with van der Waals surface area (Å²) in [7, 11) is 5.30. The molecule has 100 valence electrons. The monoisotopic (exact) mass is 260 g/mol. The van der Waals surface area contributed by atoms with E-state index in [2.05, 4.69) is 4.98 Å². The van der Waals surface area contributed by atoms with Gasteiger partial charge in [0.15, 0.2) is 5.69 Å². The molecule has 0 unspecified atom stereocenters. The summed E-state index contributed by atoms with van der Waals surface area (Å²) in [6.45, 7) is 1.97. The van der Waals surface area contributed by atoms with Gasteiger partial charge < -0.3 is 14.7 Å². The fourth-order valence-corrected chi connectivity index (χ4v) is 2.09. The second kappa shape index (κ2) is 4.76. The van der Waals surface area contributed by atoms with E-state index in [-0.39, 0.29) is 5.69 Å². The number of benzene rings is 1. The summed E-state index contributed by atoms with van der Waals surface area (Å²) in [6.07, 6.45) is 0. The number of carboxylic acid groups (broad SMARTS) is 1. The summed E-state index contributed by atoms with van der Waals surface area (Å²) >= 11 is 0. The second-order valence-electron chi connectivity index (χ2n) is 4.53. The molecular formula is C14H16N2O3. The zero-order valence-corrected chi connectivity index (χ0v) is 11.4. The third-order valence-corrected chi connectivity index (χ3v) is 3.03. The van der Waals surface area contributed by atoms with Crippen molar-refractivity contribution in [2.45, 2.75) is 6.92 Å². The molecule has 0 bridgehead atoms. The molecule has 1 heterocycles. The van der Waals surface area contributed by atoms with Crippen LogP contribution < -0.4 is 9.64 Å². The van der Waals surface area contributed by atoms with Crippen LogP contribution in [0.25, 0.3) is 10.9 Å². The van der Waals surface area contributed by atoms with Gasteiger partial charge in [-0.2, -0.15) is 0 Å². The zero-order chi connectivity index (χ0) is 14.2. The van der Waals surface area contributed by atoms with Gasteiger partial charge in [-0.25, -0.2) is 9.78 Å². The highest BCUT2D eigenvalue weighted by molar-refractivity contribution is 6.01. The number of methoxy groups -OCH3 is 1. The summed E-state index contributed by atoms with van der Waals surface area (Å²) in [4.78, 5) is 17.3. The number of fused-ring (bicyclic) bond motifs is 1. The molecule has 0 amide bonds. The van der Waals surface area contributed by atoms with Gasteiger partial charge in [-0.15, -0.1) is 0 Å². The Balaban J connectivity index is 2.93. The van der Waals surface area contributed by atoms with Crippen molar-refractivity contribution in [3.05, 3.63) is 29.5 Å². The van der Waals surface area contributed by atoms with Gasteiger partial charge in [0.05, 0.1) is 7.11 Å². The number of carbonyl (C=O) groups is 1. The molecule has 1 aromatic carbocycles. The van der Waals surface area contributed by atoms with Crippen molar-refractivity contribution in [3.63, 3.8) is 0 Å². The zero-order valence-electron chi connectivity index (χ0n) is 11.4. The molecule has 1 aromatic heterocycles. The van der Waals surface area contributed by atoms with Crippen molar-refractivity contribution in [2.75, 3.05) is 26.1 Å². The van der Waals surface area contributed by atoms with Crippen LogP contribution in [0.15, 0.2) is 18.2 Å². The first-order valence-electron chi connectivity index (χ1n) is 5.84. The molecule has 0 radical (unpaired) electrons. The summed E-state index contributed by atoms with van der Waals surface area (Å²) in [6, 6.07) is 5.32. The molecule has 0 saturated heterocycles. The standard InChI is InChI=1S/C14H16N2O3/c1-8-5-6-11(19-4)13-12(8)10(16(2)3)7-9(15-13)14(17)18/h5-7H,1-4H3,(H,17,18). The predicted molar refractivity (Wildman–Crippen MR) is 74.3 cm³/mol. The first-order chi connectivity index (χ1) is 8.95. The molecule has 19 heavy (non-hydrogen) atoms. The van der Waals surface area contributed by atoms with Crippen molar-refractivity contribution in [1.82, 2.24) is 4.98 Å². The lowest BCUT2D eigenvalue weighted by Crippen LogP contribution is -2.12. The quantitative estimate of drug-likeness (QED) is 0.917. The molecule has 0 aliphatic heterocycles. The number of aromatic carboxylic acids is 1. The smallest absolute Gasteiger partial charge is 0.354 e. The predicted octanol–water partition coefficient (Wildman–Crippen LogP) is 2.32. The van der Waals surface area contributed by atoms with Gasteiger partial charge in [-0.1, -0.05) is 6.07 Å². The fraction of sp³-hybridized carbons (Fsp3) is 0.286. The molecule has 0 aliphatic carbocycles. The van der Waals surface area contributed by atoms with Crippen LogP contribution in [0.5, 0.6) is 5.75 Å². The number of pyridine rings is 1. The number of aryl methyl sites for hydroxylation is 1. The van der Waals surface area contributed by atoms with E-state index >= 15 is 0 Å². The van der Waals surface area contributed by atoms with Crippen LogP contribution in [0.1, 0.15) is 16.1 Å². The number of carboxylic acids is 1. The molecule has 0 saturated carbocycles. The minimum Gasteiger partial charge on any atom is -0.494 e. The molecule has 0 atom stereocenters. The number of nitrogens with zero attached hydrogens (tertiary/aromatic N) is 2. The maximum atomic E-state index is 11.2. The van der Waals surface area contributed by atoms with Crippen molar-refractivity contribution < 1.29 is 14.6 Å². The van der Waals surface area contributed by atoms with E-state index in [0.717, 1.165) is 16.6 Å². The number of ether oxygens (including phenoxy) is 1. The van der Waals surface area contributed by atoms with E-state index in [1.165, 1.54) is 0 Å². The van der Waals surface area contributed by atoms with E-state index < -0.39 is 5.97 Å². The van der Waals surface area contributed by atoms with Gasteiger partial charge in [0.1, 0.15) is 11.3 Å². The minimum absolute atomic E-state index is 0.0140. The Morgan fingerprint density at radius 2 is 2.05 bits per heavy atom. The van der Waals surface area contributed by atoms with Gasteiger partial charge in [0.25, 0.3) is 0 Å². The van der Waals surface area contributed by atoms with Gasteiger partial charge >= 0.3 is 5.97 Å². The number of anilines is 1. The molecule has 0 spiro atoms. The SMILES string of the molecule is COc1ccc(C)c2c(N(C)C)cc(C(=O)O)nc12. The molecule has 1 N–H and O–H groups in total. The molecule has 2 rings (SSSR count). The summed E-state index contributed by atoms with van der Waals surface area (Å²) < 4.78 is 5.28. The van der Waals surface area contributed by atoms with Crippen molar-refractivity contribution in [3.8, 4) is 5.75 Å². The Morgan fingerprint density at radius 1 is 1.37 bits per heavy atom. The van der Waals surface area contributed by atoms with Crippen molar-refractivity contribution in [2.24, 2.45) is 0 Å². The van der Waals surface area contributed by atoms with Crippen LogP contribution in [0, 0.1) is 6.92 Å². The highest BCUT2D eigenvalue weighted by Crippen LogP contribution is 2.34. The van der Waals surface area contributed by atoms with Crippen molar-refractivity contribution >= 4 is 22.6 Å². The second-order valence-corrected chi connectivity index (χ2v) is 4.53. The number of hydrogen-bond acceptors (Lipinski definition) is 4. The lowest BCUT2D eigenvalue weighted by atomic mass is 10.1. The topological polar surface area (TPSA) is 62.7 Å². The summed E-state index contributed by atoms with van der Waals surface area (Å²) in [5, 5.41) is 10.1. The minimum atomic E-state index is -1.05. The van der Waals surface area contributed by atoms with E-state index in [1.807, 2.05) is 32.0 Å². The van der Waals surface area contributed by atoms with Crippen LogP contribution in [0.3, 0.4) is 0 Å². The lowest BCUT2D eigenvalue weighted by Gasteiger charge is -2.18. The molecule has 5 heteroatoms. The lowest BCUT2D eigenvalue weighted by molar-refractivity contribution is 0.0691. The Morgan fingerprint density at radius 3 is 2.58 bits per heavy atom. The van der Waals surface area contributed by atoms with Gasteiger partial charge in [-0.05, 0) is 24.6 Å². The fourth-order valence-electron chi connectivity index (χ4n) is 2.09. The van der Waals surface area contributed by atoms with Crippen LogP contribution >= 0.6 is 0 Å². The van der Waals surface area contributed by atoms with Gasteiger partial charge in [0, 0.05) is 25.2 Å². The number of aromatic nitrogens is 1. The molecular weight excluding hydrogens is 244 g/mol. The third kappa shape index (κ3) is 2.19.